The van der Waals surface area contributed by atoms with Gasteiger partial charge in [0.15, 0.2) is 0 Å². The van der Waals surface area contributed by atoms with Gasteiger partial charge in [0.2, 0.25) is 0 Å². The normalized spacial score (nSPS) is 15.2. The first-order valence-corrected chi connectivity index (χ1v) is 7.91. The maximum absolute atomic E-state index is 4.84. The Kier molecular flexibility index (Phi) is 5.03. The molecule has 20 heavy (non-hydrogen) atoms. The van der Waals surface area contributed by atoms with Crippen molar-refractivity contribution in [2.24, 2.45) is 5.92 Å². The molecule has 0 spiro atoms. The Morgan fingerprint density at radius 2 is 1.95 bits per heavy atom. The maximum atomic E-state index is 4.84. The fourth-order valence-corrected chi connectivity index (χ4v) is 2.33. The van der Waals surface area contributed by atoms with E-state index in [-0.39, 0.29) is 0 Å². The topological polar surface area (TPSA) is 28.2 Å². The minimum atomic E-state index is 0.478. The monoisotopic (exact) mass is 275 g/mol. The molecule has 0 aliphatic heterocycles. The van der Waals surface area contributed by atoms with Gasteiger partial charge in [0.1, 0.15) is 5.82 Å². The molecule has 2 rings (SSSR count). The predicted octanol–water partition coefficient (Wildman–Crippen LogP) is 3.55. The molecule has 0 bridgehead atoms. The lowest BCUT2D eigenvalue weighted by atomic mass is 10.1. The molecule has 3 nitrogen and oxygen atoms in total. The van der Waals surface area contributed by atoms with Gasteiger partial charge in [0, 0.05) is 25.3 Å². The zero-order valence-corrected chi connectivity index (χ0v) is 13.6. The van der Waals surface area contributed by atoms with Crippen LogP contribution < -0.4 is 10.2 Å². The quantitative estimate of drug-likeness (QED) is 0.825. The smallest absolute Gasteiger partial charge is 0.129 e. The Morgan fingerprint density at radius 1 is 1.25 bits per heavy atom. The summed E-state index contributed by atoms with van der Waals surface area (Å²) in [5, 5.41) is 3.53. The molecule has 1 aromatic heterocycles. The van der Waals surface area contributed by atoms with Gasteiger partial charge in [0.25, 0.3) is 0 Å². The molecule has 1 N–H and O–H groups in total. The Bertz CT molecular complexity index is 436. The number of rotatable bonds is 7. The van der Waals surface area contributed by atoms with Gasteiger partial charge in [0.05, 0.1) is 0 Å². The fourth-order valence-electron chi connectivity index (χ4n) is 2.33. The molecule has 0 saturated heterocycles. The van der Waals surface area contributed by atoms with Crippen molar-refractivity contribution < 1.29 is 0 Å². The van der Waals surface area contributed by atoms with Gasteiger partial charge in [-0.25, -0.2) is 4.98 Å². The van der Waals surface area contributed by atoms with E-state index in [0.29, 0.717) is 17.9 Å². The first-order chi connectivity index (χ1) is 9.47. The number of nitrogens with zero attached hydrogens (tertiary/aromatic N) is 2. The van der Waals surface area contributed by atoms with Crippen molar-refractivity contribution in [3.63, 3.8) is 0 Å². The SMILES string of the molecule is CC(C)CNCc1cc(C(C)C)nc(N(C)C2CC2)c1. The molecule has 1 heterocycles. The van der Waals surface area contributed by atoms with Gasteiger partial charge in [-0.1, -0.05) is 27.7 Å². The van der Waals surface area contributed by atoms with Crippen LogP contribution in [0.5, 0.6) is 0 Å². The molecule has 1 aromatic rings. The van der Waals surface area contributed by atoms with Crippen LogP contribution in [0.4, 0.5) is 5.82 Å². The van der Waals surface area contributed by atoms with Gasteiger partial charge in [-0.05, 0) is 48.9 Å². The van der Waals surface area contributed by atoms with E-state index in [1.54, 1.807) is 0 Å². The van der Waals surface area contributed by atoms with Crippen molar-refractivity contribution in [1.82, 2.24) is 10.3 Å². The second-order valence-electron chi connectivity index (χ2n) is 6.78. The van der Waals surface area contributed by atoms with E-state index in [0.717, 1.165) is 18.9 Å². The average Bonchev–Trinajstić information content (AvgIpc) is 3.21. The standard InChI is InChI=1S/C17H29N3/c1-12(2)10-18-11-14-8-16(13(3)4)19-17(9-14)20(5)15-6-7-15/h8-9,12-13,15,18H,6-7,10-11H2,1-5H3. The van der Waals surface area contributed by atoms with E-state index in [2.05, 4.69) is 57.1 Å². The summed E-state index contributed by atoms with van der Waals surface area (Å²) in [6.45, 7) is 10.9. The zero-order valence-electron chi connectivity index (χ0n) is 13.6. The maximum Gasteiger partial charge on any atom is 0.129 e. The van der Waals surface area contributed by atoms with Crippen LogP contribution in [0, 0.1) is 5.92 Å². The number of aromatic nitrogens is 1. The highest BCUT2D eigenvalue weighted by Gasteiger charge is 2.27. The molecular weight excluding hydrogens is 246 g/mol. The molecule has 0 unspecified atom stereocenters. The number of hydrogen-bond donors (Lipinski definition) is 1. The van der Waals surface area contributed by atoms with Gasteiger partial charge >= 0.3 is 0 Å². The van der Waals surface area contributed by atoms with Crippen molar-refractivity contribution in [1.29, 1.82) is 0 Å². The van der Waals surface area contributed by atoms with Crippen LogP contribution in [-0.2, 0) is 6.54 Å². The lowest BCUT2D eigenvalue weighted by molar-refractivity contribution is 0.551. The fraction of sp³-hybridized carbons (Fsp3) is 0.706. The van der Waals surface area contributed by atoms with Crippen molar-refractivity contribution in [3.05, 3.63) is 23.4 Å². The largest absolute Gasteiger partial charge is 0.357 e. The van der Waals surface area contributed by atoms with E-state index < -0.39 is 0 Å². The third-order valence-electron chi connectivity index (χ3n) is 3.82. The molecule has 112 valence electrons. The summed E-state index contributed by atoms with van der Waals surface area (Å²) in [4.78, 5) is 7.18. The molecule has 3 heteroatoms. The van der Waals surface area contributed by atoms with E-state index in [1.807, 2.05) is 0 Å². The minimum absolute atomic E-state index is 0.478. The van der Waals surface area contributed by atoms with Crippen LogP contribution in [0.15, 0.2) is 12.1 Å². The van der Waals surface area contributed by atoms with Crippen LogP contribution in [0.1, 0.15) is 57.7 Å². The van der Waals surface area contributed by atoms with Gasteiger partial charge in [-0.15, -0.1) is 0 Å². The molecule has 0 aromatic carbocycles. The Morgan fingerprint density at radius 3 is 2.50 bits per heavy atom. The molecule has 0 radical (unpaired) electrons. The molecule has 1 fully saturated rings. The molecule has 0 atom stereocenters. The molecule has 0 amide bonds. The van der Waals surface area contributed by atoms with E-state index in [1.165, 1.54) is 24.1 Å². The van der Waals surface area contributed by atoms with Crippen molar-refractivity contribution in [2.45, 2.75) is 59.0 Å². The van der Waals surface area contributed by atoms with Crippen molar-refractivity contribution in [3.8, 4) is 0 Å². The van der Waals surface area contributed by atoms with Crippen LogP contribution >= 0.6 is 0 Å². The predicted molar refractivity (Wildman–Crippen MR) is 86.3 cm³/mol. The number of anilines is 1. The molecular formula is C17H29N3. The molecule has 1 saturated carbocycles. The molecule has 1 aliphatic carbocycles. The summed E-state index contributed by atoms with van der Waals surface area (Å²) < 4.78 is 0. The Balaban J connectivity index is 2.12. The first kappa shape index (κ1) is 15.3. The Labute approximate surface area is 123 Å². The van der Waals surface area contributed by atoms with Gasteiger partial charge < -0.3 is 10.2 Å². The molecule has 1 aliphatic rings. The van der Waals surface area contributed by atoms with Crippen molar-refractivity contribution >= 4 is 5.82 Å². The summed E-state index contributed by atoms with van der Waals surface area (Å²) in [7, 11) is 2.18. The number of pyridine rings is 1. The van der Waals surface area contributed by atoms with Gasteiger partial charge in [-0.2, -0.15) is 0 Å². The van der Waals surface area contributed by atoms with Crippen LogP contribution in [0.3, 0.4) is 0 Å². The summed E-state index contributed by atoms with van der Waals surface area (Å²) in [5.74, 6) is 2.31. The lowest BCUT2D eigenvalue weighted by Gasteiger charge is -2.20. The second kappa shape index (κ2) is 6.57. The Hall–Kier alpha value is -1.09. The number of hydrogen-bond acceptors (Lipinski definition) is 3. The van der Waals surface area contributed by atoms with E-state index in [9.17, 15) is 0 Å². The average molecular weight is 275 g/mol. The summed E-state index contributed by atoms with van der Waals surface area (Å²) in [5.41, 5.74) is 2.56. The summed E-state index contributed by atoms with van der Waals surface area (Å²) in [6.07, 6.45) is 2.62. The first-order valence-electron chi connectivity index (χ1n) is 7.91. The second-order valence-corrected chi connectivity index (χ2v) is 6.78. The van der Waals surface area contributed by atoms with E-state index >= 15 is 0 Å². The summed E-state index contributed by atoms with van der Waals surface area (Å²) >= 11 is 0. The zero-order chi connectivity index (χ0) is 14.7. The highest BCUT2D eigenvalue weighted by atomic mass is 15.2. The van der Waals surface area contributed by atoms with Crippen LogP contribution in [-0.4, -0.2) is 24.6 Å². The third-order valence-corrected chi connectivity index (χ3v) is 3.82. The van der Waals surface area contributed by atoms with Crippen LogP contribution in [0.25, 0.3) is 0 Å². The van der Waals surface area contributed by atoms with Gasteiger partial charge in [-0.3, -0.25) is 0 Å². The van der Waals surface area contributed by atoms with E-state index in [4.69, 9.17) is 4.98 Å². The highest BCUT2D eigenvalue weighted by molar-refractivity contribution is 5.44. The number of nitrogens with one attached hydrogen (secondary N) is 1. The lowest BCUT2D eigenvalue weighted by Crippen LogP contribution is -2.23. The van der Waals surface area contributed by atoms with Crippen molar-refractivity contribution in [2.75, 3.05) is 18.5 Å². The highest BCUT2D eigenvalue weighted by Crippen LogP contribution is 2.30. The minimum Gasteiger partial charge on any atom is -0.357 e. The summed E-state index contributed by atoms with van der Waals surface area (Å²) in [6, 6.07) is 5.21. The van der Waals surface area contributed by atoms with Crippen LogP contribution in [0.2, 0.25) is 0 Å². The third kappa shape index (κ3) is 4.20.